The van der Waals surface area contributed by atoms with Gasteiger partial charge in [-0.05, 0) is 50.8 Å². The molecule has 1 aromatic heterocycles. The molecule has 0 spiro atoms. The molecule has 1 heterocycles. The van der Waals surface area contributed by atoms with Crippen LogP contribution in [0.2, 0.25) is 0 Å². The second-order valence-corrected chi connectivity index (χ2v) is 5.97. The van der Waals surface area contributed by atoms with Crippen molar-refractivity contribution in [1.29, 1.82) is 0 Å². The molecule has 0 bridgehead atoms. The number of hydrogen-bond donors (Lipinski definition) is 1. The van der Waals surface area contributed by atoms with E-state index in [4.69, 9.17) is 0 Å². The van der Waals surface area contributed by atoms with Crippen LogP contribution in [0, 0.1) is 13.8 Å². The number of nitrogens with zero attached hydrogens (tertiary/aromatic N) is 3. The van der Waals surface area contributed by atoms with Gasteiger partial charge in [-0.1, -0.05) is 12.1 Å². The zero-order chi connectivity index (χ0) is 15.9. The molecule has 1 aliphatic carbocycles. The van der Waals surface area contributed by atoms with E-state index in [2.05, 4.69) is 10.3 Å². The van der Waals surface area contributed by atoms with Crippen LogP contribution in [0.15, 0.2) is 29.3 Å². The highest BCUT2D eigenvalue weighted by Gasteiger charge is 2.28. The topological polar surface area (TPSA) is 68.9 Å². The monoisotopic (exact) mass is 300 g/mol. The largest absolute Gasteiger partial charge is 0.364 e. The molecule has 0 saturated heterocycles. The fourth-order valence-corrected chi connectivity index (χ4v) is 2.47. The minimum Gasteiger partial charge on any atom is -0.352 e. The van der Waals surface area contributed by atoms with Gasteiger partial charge in [0.15, 0.2) is 0 Å². The maximum Gasteiger partial charge on any atom is 0.364 e. The van der Waals surface area contributed by atoms with Crippen LogP contribution in [0.1, 0.15) is 36.9 Å². The second-order valence-electron chi connectivity index (χ2n) is 5.97. The van der Waals surface area contributed by atoms with E-state index in [0.717, 1.165) is 29.7 Å². The summed E-state index contributed by atoms with van der Waals surface area (Å²) in [5, 5.41) is 2.93. The fraction of sp³-hybridized carbons (Fsp3) is 0.438. The summed E-state index contributed by atoms with van der Waals surface area (Å²) in [7, 11) is 0. The summed E-state index contributed by atoms with van der Waals surface area (Å²) in [5.41, 5.74) is 2.55. The molecule has 3 rings (SSSR count). The van der Waals surface area contributed by atoms with Gasteiger partial charge in [0.25, 0.3) is 0 Å². The third-order valence-electron chi connectivity index (χ3n) is 3.99. The van der Waals surface area contributed by atoms with E-state index in [9.17, 15) is 9.59 Å². The lowest BCUT2D eigenvalue weighted by atomic mass is 10.1. The SMILES string of the molecule is Cc1ccc(C)c(-n2cnc(=O)n2[C@@H](C)C(=O)NC2CC2)c1. The number of hydrogen-bond acceptors (Lipinski definition) is 3. The molecule has 116 valence electrons. The van der Waals surface area contributed by atoms with Gasteiger partial charge in [-0.2, -0.15) is 4.98 Å². The summed E-state index contributed by atoms with van der Waals surface area (Å²) in [6.45, 7) is 5.69. The van der Waals surface area contributed by atoms with Crippen molar-refractivity contribution in [2.45, 2.75) is 45.7 Å². The van der Waals surface area contributed by atoms with Gasteiger partial charge in [0.05, 0.1) is 5.69 Å². The molecule has 1 aromatic carbocycles. The molecule has 0 radical (unpaired) electrons. The predicted octanol–water partition coefficient (Wildman–Crippen LogP) is 1.49. The molecule has 22 heavy (non-hydrogen) atoms. The molecule has 1 N–H and O–H groups in total. The number of benzene rings is 1. The third kappa shape index (κ3) is 2.68. The molecule has 1 fully saturated rings. The first kappa shape index (κ1) is 14.6. The van der Waals surface area contributed by atoms with Crippen molar-refractivity contribution in [3.8, 4) is 5.69 Å². The van der Waals surface area contributed by atoms with Gasteiger partial charge in [-0.15, -0.1) is 0 Å². The van der Waals surface area contributed by atoms with Crippen LogP contribution < -0.4 is 11.0 Å². The molecule has 6 nitrogen and oxygen atoms in total. The Morgan fingerprint density at radius 1 is 1.36 bits per heavy atom. The maximum atomic E-state index is 12.3. The normalized spacial score (nSPS) is 15.6. The first-order chi connectivity index (χ1) is 10.5. The number of carbonyl (C=O) groups is 1. The highest BCUT2D eigenvalue weighted by Crippen LogP contribution is 2.20. The van der Waals surface area contributed by atoms with Gasteiger partial charge < -0.3 is 5.32 Å². The van der Waals surface area contributed by atoms with E-state index in [-0.39, 0.29) is 11.9 Å². The van der Waals surface area contributed by atoms with Gasteiger partial charge in [0, 0.05) is 6.04 Å². The molecule has 1 atom stereocenters. The Labute approximate surface area is 128 Å². The zero-order valence-electron chi connectivity index (χ0n) is 13.0. The van der Waals surface area contributed by atoms with Crippen molar-refractivity contribution in [2.24, 2.45) is 0 Å². The average Bonchev–Trinajstić information content (AvgIpc) is 3.21. The van der Waals surface area contributed by atoms with Gasteiger partial charge in [-0.3, -0.25) is 4.79 Å². The second kappa shape index (κ2) is 5.44. The molecule has 6 heteroatoms. The van der Waals surface area contributed by atoms with E-state index in [0.29, 0.717) is 0 Å². The Balaban J connectivity index is 2.01. The predicted molar refractivity (Wildman–Crippen MR) is 83.2 cm³/mol. The Morgan fingerprint density at radius 2 is 2.09 bits per heavy atom. The van der Waals surface area contributed by atoms with Crippen LogP contribution in [0.4, 0.5) is 0 Å². The maximum absolute atomic E-state index is 12.3. The van der Waals surface area contributed by atoms with Gasteiger partial charge >= 0.3 is 5.69 Å². The molecule has 1 saturated carbocycles. The van der Waals surface area contributed by atoms with E-state index < -0.39 is 11.7 Å². The number of amides is 1. The first-order valence-corrected chi connectivity index (χ1v) is 7.51. The lowest BCUT2D eigenvalue weighted by Gasteiger charge is -2.18. The summed E-state index contributed by atoms with van der Waals surface area (Å²) >= 11 is 0. The number of aryl methyl sites for hydroxylation is 2. The van der Waals surface area contributed by atoms with E-state index in [1.54, 1.807) is 11.6 Å². The van der Waals surface area contributed by atoms with Crippen LogP contribution >= 0.6 is 0 Å². The summed E-state index contributed by atoms with van der Waals surface area (Å²) in [5.74, 6) is -0.142. The molecule has 0 aliphatic heterocycles. The number of carbonyl (C=O) groups excluding carboxylic acids is 1. The standard InChI is InChI=1S/C16H20N4O2/c1-10-4-5-11(2)14(8-10)19-9-17-16(22)20(19)12(3)15(21)18-13-6-7-13/h4-5,8-9,12-13H,6-7H2,1-3H3,(H,18,21)/t12-/m0/s1. The molecule has 2 aromatic rings. The summed E-state index contributed by atoms with van der Waals surface area (Å²) < 4.78 is 3.07. The van der Waals surface area contributed by atoms with Crippen molar-refractivity contribution < 1.29 is 4.79 Å². The van der Waals surface area contributed by atoms with Crippen LogP contribution in [0.5, 0.6) is 0 Å². The van der Waals surface area contributed by atoms with Crippen LogP contribution in [-0.4, -0.2) is 26.3 Å². The smallest absolute Gasteiger partial charge is 0.352 e. The molecular weight excluding hydrogens is 280 g/mol. The Hall–Kier alpha value is -2.37. The Morgan fingerprint density at radius 3 is 2.77 bits per heavy atom. The zero-order valence-corrected chi connectivity index (χ0v) is 13.0. The van der Waals surface area contributed by atoms with Crippen molar-refractivity contribution in [3.63, 3.8) is 0 Å². The molecule has 1 amide bonds. The van der Waals surface area contributed by atoms with Crippen molar-refractivity contribution in [1.82, 2.24) is 19.7 Å². The van der Waals surface area contributed by atoms with Crippen molar-refractivity contribution in [3.05, 3.63) is 46.1 Å². The average molecular weight is 300 g/mol. The highest BCUT2D eigenvalue weighted by molar-refractivity contribution is 5.80. The molecule has 0 unspecified atom stereocenters. The fourth-order valence-electron chi connectivity index (χ4n) is 2.47. The van der Waals surface area contributed by atoms with Gasteiger partial charge in [0.1, 0.15) is 12.4 Å². The molecular formula is C16H20N4O2. The summed E-state index contributed by atoms with van der Waals surface area (Å²) in [6, 6.07) is 5.66. The minimum absolute atomic E-state index is 0.142. The van der Waals surface area contributed by atoms with Gasteiger partial charge in [0.2, 0.25) is 5.91 Å². The van der Waals surface area contributed by atoms with Crippen LogP contribution in [0.25, 0.3) is 5.69 Å². The lowest BCUT2D eigenvalue weighted by Crippen LogP contribution is -2.38. The first-order valence-electron chi connectivity index (χ1n) is 7.51. The van der Waals surface area contributed by atoms with Gasteiger partial charge in [-0.25, -0.2) is 14.2 Å². The van der Waals surface area contributed by atoms with E-state index >= 15 is 0 Å². The summed E-state index contributed by atoms with van der Waals surface area (Å²) in [4.78, 5) is 28.2. The molecule has 1 aliphatic rings. The van der Waals surface area contributed by atoms with Crippen molar-refractivity contribution >= 4 is 5.91 Å². The Bertz CT molecular complexity index is 771. The quantitative estimate of drug-likeness (QED) is 0.930. The Kier molecular flexibility index (Phi) is 3.60. The number of rotatable bonds is 4. The lowest BCUT2D eigenvalue weighted by molar-refractivity contribution is -0.124. The van der Waals surface area contributed by atoms with E-state index in [1.165, 1.54) is 11.0 Å². The van der Waals surface area contributed by atoms with E-state index in [1.807, 2.05) is 32.0 Å². The number of aromatic nitrogens is 3. The minimum atomic E-state index is -0.601. The highest BCUT2D eigenvalue weighted by atomic mass is 16.2. The summed E-state index contributed by atoms with van der Waals surface area (Å²) in [6.07, 6.45) is 3.51. The van der Waals surface area contributed by atoms with Crippen molar-refractivity contribution in [2.75, 3.05) is 0 Å². The van der Waals surface area contributed by atoms with Crippen LogP contribution in [-0.2, 0) is 4.79 Å². The number of nitrogens with one attached hydrogen (secondary N) is 1. The third-order valence-corrected chi connectivity index (χ3v) is 3.99. The van der Waals surface area contributed by atoms with Crippen LogP contribution in [0.3, 0.4) is 0 Å².